The molecule has 5 nitrogen and oxygen atoms in total. The summed E-state index contributed by atoms with van der Waals surface area (Å²) in [5, 5.41) is 2.45. The molecule has 0 unspecified atom stereocenters. The van der Waals surface area contributed by atoms with Crippen LogP contribution in [0.2, 0.25) is 0 Å². The van der Waals surface area contributed by atoms with Gasteiger partial charge in [-0.1, -0.05) is 0 Å². The van der Waals surface area contributed by atoms with Gasteiger partial charge in [-0.2, -0.15) is 0 Å². The Morgan fingerprint density at radius 1 is 1.40 bits per heavy atom. The molecule has 0 bridgehead atoms. The van der Waals surface area contributed by atoms with Gasteiger partial charge in [-0.3, -0.25) is 0 Å². The molecule has 0 spiro atoms. The standard InChI is InChI=1S/C9H19NO4S/c1-7(6-15(5,12)13)10-8(11)14-9(2,3)4/h7H,6H2,1-5H3,(H,10,11)/t7-/m1/s1. The second kappa shape index (κ2) is 4.83. The summed E-state index contributed by atoms with van der Waals surface area (Å²) in [7, 11) is -3.08. The summed E-state index contributed by atoms with van der Waals surface area (Å²) in [6.07, 6.45) is 0.527. The number of alkyl carbamates (subject to hydrolysis) is 1. The van der Waals surface area contributed by atoms with E-state index in [0.717, 1.165) is 6.26 Å². The predicted octanol–water partition coefficient (Wildman–Crippen LogP) is 0.944. The lowest BCUT2D eigenvalue weighted by molar-refractivity contribution is 0.0513. The zero-order valence-corrected chi connectivity index (χ0v) is 10.6. The summed E-state index contributed by atoms with van der Waals surface area (Å²) in [4.78, 5) is 11.2. The highest BCUT2D eigenvalue weighted by Gasteiger charge is 2.19. The Morgan fingerprint density at radius 3 is 2.20 bits per heavy atom. The van der Waals surface area contributed by atoms with E-state index in [2.05, 4.69) is 5.32 Å². The lowest BCUT2D eigenvalue weighted by Gasteiger charge is -2.21. The first-order valence-corrected chi connectivity index (χ1v) is 6.73. The van der Waals surface area contributed by atoms with Crippen LogP contribution in [0.5, 0.6) is 0 Å². The molecule has 0 saturated carbocycles. The molecule has 1 amide bonds. The van der Waals surface area contributed by atoms with Crippen LogP contribution in [-0.4, -0.2) is 38.2 Å². The molecule has 1 N–H and O–H groups in total. The average Bonchev–Trinajstić information content (AvgIpc) is 1.73. The molecule has 0 aromatic carbocycles. The lowest BCUT2D eigenvalue weighted by atomic mass is 10.2. The molecule has 0 saturated heterocycles. The third-order valence-corrected chi connectivity index (χ3v) is 2.42. The van der Waals surface area contributed by atoms with Crippen LogP contribution in [0.4, 0.5) is 4.79 Å². The van der Waals surface area contributed by atoms with Gasteiger partial charge in [-0.05, 0) is 27.7 Å². The van der Waals surface area contributed by atoms with Crippen LogP contribution in [0.3, 0.4) is 0 Å². The van der Waals surface area contributed by atoms with E-state index >= 15 is 0 Å². The molecule has 0 aliphatic heterocycles. The highest BCUT2D eigenvalue weighted by atomic mass is 32.2. The minimum absolute atomic E-state index is 0.0910. The third kappa shape index (κ3) is 9.52. The maximum absolute atomic E-state index is 11.2. The lowest BCUT2D eigenvalue weighted by Crippen LogP contribution is -2.40. The number of sulfone groups is 1. The fourth-order valence-electron chi connectivity index (χ4n) is 1.00. The zero-order valence-electron chi connectivity index (χ0n) is 9.83. The molecule has 0 aliphatic carbocycles. The molecular weight excluding hydrogens is 218 g/mol. The molecule has 0 aromatic heterocycles. The average molecular weight is 237 g/mol. The van der Waals surface area contributed by atoms with Crippen molar-refractivity contribution < 1.29 is 17.9 Å². The van der Waals surface area contributed by atoms with E-state index in [9.17, 15) is 13.2 Å². The van der Waals surface area contributed by atoms with E-state index < -0.39 is 27.6 Å². The van der Waals surface area contributed by atoms with Crippen LogP contribution in [0, 0.1) is 0 Å². The van der Waals surface area contributed by atoms with Crippen LogP contribution in [0.1, 0.15) is 27.7 Å². The Labute approximate surface area is 91.1 Å². The van der Waals surface area contributed by atoms with Gasteiger partial charge < -0.3 is 10.1 Å². The number of rotatable bonds is 3. The number of ether oxygens (including phenoxy) is 1. The van der Waals surface area contributed by atoms with Gasteiger partial charge in [0.05, 0.1) is 5.75 Å². The SMILES string of the molecule is C[C@H](CS(C)(=O)=O)NC(=O)OC(C)(C)C. The number of hydrogen-bond acceptors (Lipinski definition) is 4. The van der Waals surface area contributed by atoms with Gasteiger partial charge in [0.1, 0.15) is 15.4 Å². The van der Waals surface area contributed by atoms with Gasteiger partial charge in [-0.15, -0.1) is 0 Å². The minimum Gasteiger partial charge on any atom is -0.444 e. The molecule has 15 heavy (non-hydrogen) atoms. The van der Waals surface area contributed by atoms with E-state index in [0.29, 0.717) is 0 Å². The van der Waals surface area contributed by atoms with E-state index in [4.69, 9.17) is 4.74 Å². The fourth-order valence-corrected chi connectivity index (χ4v) is 2.00. The summed E-state index contributed by atoms with van der Waals surface area (Å²) < 4.78 is 26.8. The molecule has 90 valence electrons. The Bertz CT molecular complexity index is 315. The number of hydrogen-bond donors (Lipinski definition) is 1. The van der Waals surface area contributed by atoms with E-state index in [1.54, 1.807) is 27.7 Å². The molecule has 6 heteroatoms. The molecule has 0 heterocycles. The van der Waals surface area contributed by atoms with Gasteiger partial charge in [0, 0.05) is 12.3 Å². The summed E-state index contributed by atoms with van der Waals surface area (Å²) in [5.41, 5.74) is -0.575. The molecule has 0 aromatic rings. The predicted molar refractivity (Wildman–Crippen MR) is 58.5 cm³/mol. The molecule has 0 aliphatic rings. The Morgan fingerprint density at radius 2 is 1.87 bits per heavy atom. The van der Waals surface area contributed by atoms with Crippen molar-refractivity contribution in [3.8, 4) is 0 Å². The van der Waals surface area contributed by atoms with Crippen molar-refractivity contribution in [3.63, 3.8) is 0 Å². The first kappa shape index (κ1) is 14.2. The van der Waals surface area contributed by atoms with E-state index in [-0.39, 0.29) is 5.75 Å². The maximum atomic E-state index is 11.2. The van der Waals surface area contributed by atoms with Gasteiger partial charge in [0.2, 0.25) is 0 Å². The van der Waals surface area contributed by atoms with Crippen molar-refractivity contribution in [1.82, 2.24) is 5.32 Å². The van der Waals surface area contributed by atoms with Crippen LogP contribution >= 0.6 is 0 Å². The molecule has 0 fully saturated rings. The normalized spacial score (nSPS) is 14.5. The second-order valence-electron chi connectivity index (χ2n) is 4.64. The first-order chi connectivity index (χ1) is 6.49. The molecule has 1 atom stereocenters. The second-order valence-corrected chi connectivity index (χ2v) is 6.82. The van der Waals surface area contributed by atoms with Gasteiger partial charge >= 0.3 is 6.09 Å². The fraction of sp³-hybridized carbons (Fsp3) is 0.889. The van der Waals surface area contributed by atoms with Gasteiger partial charge in [0.25, 0.3) is 0 Å². The number of nitrogens with one attached hydrogen (secondary N) is 1. The molecular formula is C9H19NO4S. The quantitative estimate of drug-likeness (QED) is 0.793. The van der Waals surface area contributed by atoms with E-state index in [1.807, 2.05) is 0 Å². The number of carbonyl (C=O) groups is 1. The van der Waals surface area contributed by atoms with Crippen molar-refractivity contribution in [3.05, 3.63) is 0 Å². The summed E-state index contributed by atoms with van der Waals surface area (Å²) in [6.45, 7) is 6.85. The summed E-state index contributed by atoms with van der Waals surface area (Å²) >= 11 is 0. The zero-order chi connectivity index (χ0) is 12.3. The molecule has 0 radical (unpaired) electrons. The van der Waals surface area contributed by atoms with Crippen molar-refractivity contribution in [2.75, 3.05) is 12.0 Å². The topological polar surface area (TPSA) is 72.5 Å². The minimum atomic E-state index is -3.08. The summed E-state index contributed by atoms with van der Waals surface area (Å²) in [6, 6.07) is -0.449. The monoisotopic (exact) mass is 237 g/mol. The van der Waals surface area contributed by atoms with Crippen molar-refractivity contribution >= 4 is 15.9 Å². The van der Waals surface area contributed by atoms with Crippen LogP contribution in [0.25, 0.3) is 0 Å². The van der Waals surface area contributed by atoms with Crippen LogP contribution in [-0.2, 0) is 14.6 Å². The number of amides is 1. The highest BCUT2D eigenvalue weighted by Crippen LogP contribution is 2.06. The van der Waals surface area contributed by atoms with Crippen LogP contribution in [0.15, 0.2) is 0 Å². The Hall–Kier alpha value is -0.780. The molecule has 0 rings (SSSR count). The van der Waals surface area contributed by atoms with Crippen molar-refractivity contribution in [2.45, 2.75) is 39.3 Å². The van der Waals surface area contributed by atoms with Crippen LogP contribution < -0.4 is 5.32 Å². The van der Waals surface area contributed by atoms with Gasteiger partial charge in [-0.25, -0.2) is 13.2 Å². The highest BCUT2D eigenvalue weighted by molar-refractivity contribution is 7.90. The Kier molecular flexibility index (Phi) is 4.58. The smallest absolute Gasteiger partial charge is 0.407 e. The third-order valence-electron chi connectivity index (χ3n) is 1.32. The van der Waals surface area contributed by atoms with Crippen molar-refractivity contribution in [1.29, 1.82) is 0 Å². The van der Waals surface area contributed by atoms with E-state index in [1.165, 1.54) is 0 Å². The number of carbonyl (C=O) groups excluding carboxylic acids is 1. The van der Waals surface area contributed by atoms with Gasteiger partial charge in [0.15, 0.2) is 0 Å². The largest absolute Gasteiger partial charge is 0.444 e. The Balaban J connectivity index is 4.09. The van der Waals surface area contributed by atoms with Crippen molar-refractivity contribution in [2.24, 2.45) is 0 Å². The summed E-state index contributed by atoms with van der Waals surface area (Å²) in [5.74, 6) is -0.0910. The maximum Gasteiger partial charge on any atom is 0.407 e. The first-order valence-electron chi connectivity index (χ1n) is 4.67.